The second kappa shape index (κ2) is 6.84. The van der Waals surface area contributed by atoms with Crippen molar-refractivity contribution < 1.29 is 24.2 Å². The molecule has 1 aliphatic heterocycles. The number of carboxylic acids is 1. The Kier molecular flexibility index (Phi) is 4.60. The Morgan fingerprint density at radius 1 is 1.32 bits per heavy atom. The molecule has 25 heavy (non-hydrogen) atoms. The largest absolute Gasteiger partial charge is 0.497 e. The molecule has 8 heteroatoms. The topological polar surface area (TPSA) is 105 Å². The summed E-state index contributed by atoms with van der Waals surface area (Å²) < 4.78 is 10.7. The number of ether oxygens (including phenoxy) is 2. The summed E-state index contributed by atoms with van der Waals surface area (Å²) in [5, 5.41) is 9.13. The number of hydrogen-bond donors (Lipinski definition) is 2. The number of likely N-dealkylation sites (tertiary alicyclic amines) is 1. The van der Waals surface area contributed by atoms with E-state index in [9.17, 15) is 9.59 Å². The van der Waals surface area contributed by atoms with Gasteiger partial charge in [-0.1, -0.05) is 0 Å². The van der Waals surface area contributed by atoms with Gasteiger partial charge in [-0.25, -0.2) is 9.78 Å². The van der Waals surface area contributed by atoms with Crippen LogP contribution in [0.5, 0.6) is 11.5 Å². The third-order valence-electron chi connectivity index (χ3n) is 4.41. The maximum atomic E-state index is 12.6. The van der Waals surface area contributed by atoms with E-state index < -0.39 is 5.97 Å². The molecule has 2 N–H and O–H groups in total. The lowest BCUT2D eigenvalue weighted by Crippen LogP contribution is -2.30. The fourth-order valence-corrected chi connectivity index (χ4v) is 3.13. The van der Waals surface area contributed by atoms with Crippen LogP contribution in [-0.2, 0) is 0 Å². The molecule has 0 spiro atoms. The fraction of sp³-hybridized carbons (Fsp3) is 0.353. The Bertz CT molecular complexity index is 801. The lowest BCUT2D eigenvalue weighted by atomic mass is 9.97. The Morgan fingerprint density at radius 3 is 2.80 bits per heavy atom. The number of imidazole rings is 1. The van der Waals surface area contributed by atoms with Crippen molar-refractivity contribution in [2.45, 2.75) is 12.3 Å². The van der Waals surface area contributed by atoms with Crippen LogP contribution >= 0.6 is 0 Å². The second-order valence-electron chi connectivity index (χ2n) is 5.78. The third-order valence-corrected chi connectivity index (χ3v) is 4.41. The van der Waals surface area contributed by atoms with Gasteiger partial charge >= 0.3 is 5.97 Å². The standard InChI is InChI=1S/C17H19N3O5/c1-24-11-3-4-13(25-2)12(7-11)10-5-6-20(8-10)16(21)14-15(17(22)23)19-9-18-14/h3-4,7,9-10H,5-6,8H2,1-2H3,(H,18,19)(H,22,23)/t10-/m0/s1. The van der Waals surface area contributed by atoms with E-state index in [0.29, 0.717) is 13.1 Å². The highest BCUT2D eigenvalue weighted by atomic mass is 16.5. The number of benzene rings is 1. The number of carbonyl (C=O) groups is 2. The molecule has 1 atom stereocenters. The predicted octanol–water partition coefficient (Wildman–Crippen LogP) is 1.75. The molecule has 1 aromatic carbocycles. The minimum Gasteiger partial charge on any atom is -0.497 e. The number of hydrogen-bond acceptors (Lipinski definition) is 5. The number of carboxylic acid groups (broad SMARTS) is 1. The number of aromatic nitrogens is 2. The summed E-state index contributed by atoms with van der Waals surface area (Å²) >= 11 is 0. The number of aromatic carboxylic acids is 1. The predicted molar refractivity (Wildman–Crippen MR) is 88.4 cm³/mol. The molecule has 1 aliphatic rings. The van der Waals surface area contributed by atoms with Crippen LogP contribution in [0.25, 0.3) is 0 Å². The van der Waals surface area contributed by atoms with Crippen molar-refractivity contribution in [2.24, 2.45) is 0 Å². The molecule has 0 unspecified atom stereocenters. The van der Waals surface area contributed by atoms with Crippen LogP contribution in [0.15, 0.2) is 24.5 Å². The summed E-state index contributed by atoms with van der Waals surface area (Å²) in [4.78, 5) is 31.8. The molecule has 2 heterocycles. The maximum absolute atomic E-state index is 12.6. The first-order valence-corrected chi connectivity index (χ1v) is 7.83. The van der Waals surface area contributed by atoms with Gasteiger partial charge in [0.2, 0.25) is 0 Å². The lowest BCUT2D eigenvalue weighted by molar-refractivity contribution is 0.0674. The Hall–Kier alpha value is -3.03. The smallest absolute Gasteiger partial charge is 0.354 e. The molecule has 1 fully saturated rings. The van der Waals surface area contributed by atoms with E-state index >= 15 is 0 Å². The number of aromatic amines is 1. The average Bonchev–Trinajstić information content (AvgIpc) is 3.30. The third kappa shape index (κ3) is 3.15. The van der Waals surface area contributed by atoms with Gasteiger partial charge in [0, 0.05) is 24.6 Å². The zero-order valence-electron chi connectivity index (χ0n) is 14.0. The van der Waals surface area contributed by atoms with Gasteiger partial charge in [-0.2, -0.15) is 0 Å². The number of rotatable bonds is 5. The Morgan fingerprint density at radius 2 is 2.12 bits per heavy atom. The highest BCUT2D eigenvalue weighted by Crippen LogP contribution is 2.36. The molecule has 132 valence electrons. The molecular weight excluding hydrogens is 326 g/mol. The van der Waals surface area contributed by atoms with Gasteiger partial charge in [-0.3, -0.25) is 4.79 Å². The summed E-state index contributed by atoms with van der Waals surface area (Å²) in [7, 11) is 3.20. The minimum atomic E-state index is -1.20. The second-order valence-corrected chi connectivity index (χ2v) is 5.78. The first-order chi connectivity index (χ1) is 12.0. The number of amides is 1. The van der Waals surface area contributed by atoms with E-state index in [1.165, 1.54) is 6.33 Å². The van der Waals surface area contributed by atoms with Crippen molar-refractivity contribution in [1.29, 1.82) is 0 Å². The first kappa shape index (κ1) is 16.8. The lowest BCUT2D eigenvalue weighted by Gasteiger charge is -2.18. The number of carbonyl (C=O) groups excluding carboxylic acids is 1. The number of methoxy groups -OCH3 is 2. The number of H-pyrrole nitrogens is 1. The van der Waals surface area contributed by atoms with Gasteiger partial charge in [0.05, 0.1) is 20.5 Å². The summed E-state index contributed by atoms with van der Waals surface area (Å²) in [6.45, 7) is 0.990. The number of nitrogens with one attached hydrogen (secondary N) is 1. The van der Waals surface area contributed by atoms with Crippen LogP contribution in [0.1, 0.15) is 38.9 Å². The van der Waals surface area contributed by atoms with Crippen molar-refractivity contribution in [2.75, 3.05) is 27.3 Å². The van der Waals surface area contributed by atoms with E-state index in [1.54, 1.807) is 19.1 Å². The zero-order valence-corrected chi connectivity index (χ0v) is 14.0. The Balaban J connectivity index is 1.81. The van der Waals surface area contributed by atoms with E-state index in [-0.39, 0.29) is 23.2 Å². The van der Waals surface area contributed by atoms with Gasteiger partial charge in [0.15, 0.2) is 11.4 Å². The van der Waals surface area contributed by atoms with Gasteiger partial charge in [0.1, 0.15) is 11.5 Å². The molecule has 3 rings (SSSR count). The van der Waals surface area contributed by atoms with Crippen molar-refractivity contribution in [3.05, 3.63) is 41.5 Å². The highest BCUT2D eigenvalue weighted by molar-refractivity contribution is 6.02. The monoisotopic (exact) mass is 345 g/mol. The van der Waals surface area contributed by atoms with E-state index in [4.69, 9.17) is 14.6 Å². The highest BCUT2D eigenvalue weighted by Gasteiger charge is 2.32. The quantitative estimate of drug-likeness (QED) is 0.855. The molecule has 0 bridgehead atoms. The van der Waals surface area contributed by atoms with E-state index in [0.717, 1.165) is 23.5 Å². The number of nitrogens with zero attached hydrogens (tertiary/aromatic N) is 2. The molecule has 8 nitrogen and oxygen atoms in total. The van der Waals surface area contributed by atoms with Crippen LogP contribution < -0.4 is 9.47 Å². The maximum Gasteiger partial charge on any atom is 0.354 e. The Labute approximate surface area is 144 Å². The van der Waals surface area contributed by atoms with Crippen molar-refractivity contribution in [1.82, 2.24) is 14.9 Å². The van der Waals surface area contributed by atoms with Gasteiger partial charge < -0.3 is 24.5 Å². The fourth-order valence-electron chi connectivity index (χ4n) is 3.13. The summed E-state index contributed by atoms with van der Waals surface area (Å²) in [6, 6.07) is 5.58. The van der Waals surface area contributed by atoms with Gasteiger partial charge in [0.25, 0.3) is 5.91 Å². The van der Waals surface area contributed by atoms with E-state index in [2.05, 4.69) is 9.97 Å². The molecule has 2 aromatic rings. The molecular formula is C17H19N3O5. The van der Waals surface area contributed by atoms with Crippen LogP contribution in [0.2, 0.25) is 0 Å². The van der Waals surface area contributed by atoms with Crippen LogP contribution in [0.3, 0.4) is 0 Å². The summed E-state index contributed by atoms with van der Waals surface area (Å²) in [6.07, 6.45) is 1.97. The van der Waals surface area contributed by atoms with Crippen LogP contribution in [0.4, 0.5) is 0 Å². The van der Waals surface area contributed by atoms with Crippen molar-refractivity contribution in [3.8, 4) is 11.5 Å². The zero-order chi connectivity index (χ0) is 18.0. The van der Waals surface area contributed by atoms with Gasteiger partial charge in [-0.15, -0.1) is 0 Å². The first-order valence-electron chi connectivity index (χ1n) is 7.83. The minimum absolute atomic E-state index is 0.0641. The molecule has 0 radical (unpaired) electrons. The molecule has 0 saturated carbocycles. The normalized spacial score (nSPS) is 16.7. The van der Waals surface area contributed by atoms with Gasteiger partial charge in [-0.05, 0) is 24.6 Å². The molecule has 1 aromatic heterocycles. The van der Waals surface area contributed by atoms with Crippen molar-refractivity contribution >= 4 is 11.9 Å². The van der Waals surface area contributed by atoms with Crippen molar-refractivity contribution in [3.63, 3.8) is 0 Å². The summed E-state index contributed by atoms with van der Waals surface area (Å²) in [5.74, 6) is -0.0394. The summed E-state index contributed by atoms with van der Waals surface area (Å²) in [5.41, 5.74) is 0.718. The van der Waals surface area contributed by atoms with Crippen LogP contribution in [-0.4, -0.2) is 59.2 Å². The molecule has 1 amide bonds. The molecule has 0 aliphatic carbocycles. The average molecular weight is 345 g/mol. The molecule has 1 saturated heterocycles. The van der Waals surface area contributed by atoms with E-state index in [1.807, 2.05) is 18.2 Å². The van der Waals surface area contributed by atoms with Crippen LogP contribution in [0, 0.1) is 0 Å². The SMILES string of the molecule is COc1ccc(OC)c([C@H]2CCN(C(=O)c3nc[nH]c3C(=O)O)C2)c1.